The molecule has 0 aliphatic rings. The second kappa shape index (κ2) is 4.76. The number of nitrogen functional groups attached to an aromatic ring is 1. The Morgan fingerprint density at radius 1 is 1.56 bits per heavy atom. The van der Waals surface area contributed by atoms with Gasteiger partial charge in [0.1, 0.15) is 4.90 Å². The van der Waals surface area contributed by atoms with Crippen LogP contribution in [0.15, 0.2) is 11.1 Å². The van der Waals surface area contributed by atoms with Gasteiger partial charge in [-0.2, -0.15) is 18.3 Å². The molecule has 1 unspecified atom stereocenters. The molecule has 0 amide bonds. The summed E-state index contributed by atoms with van der Waals surface area (Å²) in [6, 6.07) is -1.28. The first-order valence-corrected chi connectivity index (χ1v) is 6.38. The summed E-state index contributed by atoms with van der Waals surface area (Å²) in [6.07, 6.45) is -4.58. The third-order valence-corrected chi connectivity index (χ3v) is 3.61. The topological polar surface area (TPSA) is 90.0 Å². The Labute approximate surface area is 102 Å². The lowest BCUT2D eigenvalue weighted by molar-refractivity contribution is -0.137. The molecule has 104 valence electrons. The SMILES string of the molecule is CC(CC(F)(F)F)NS(=O)(=O)c1cn(C)nc1N. The zero-order valence-electron chi connectivity index (χ0n) is 9.69. The van der Waals surface area contributed by atoms with Crippen LogP contribution in [-0.4, -0.2) is 30.4 Å². The van der Waals surface area contributed by atoms with Crippen molar-refractivity contribution < 1.29 is 21.6 Å². The Balaban J connectivity index is 2.86. The van der Waals surface area contributed by atoms with E-state index in [2.05, 4.69) is 5.10 Å². The lowest BCUT2D eigenvalue weighted by Gasteiger charge is -2.15. The molecule has 0 aliphatic carbocycles. The molecule has 0 radical (unpaired) electrons. The Kier molecular flexibility index (Phi) is 3.91. The highest BCUT2D eigenvalue weighted by atomic mass is 32.2. The monoisotopic (exact) mass is 286 g/mol. The summed E-state index contributed by atoms with van der Waals surface area (Å²) in [5.74, 6) is -0.260. The Hall–Kier alpha value is -1.29. The molecule has 0 saturated carbocycles. The molecule has 1 heterocycles. The average Bonchev–Trinajstić information content (AvgIpc) is 2.40. The van der Waals surface area contributed by atoms with Gasteiger partial charge in [-0.15, -0.1) is 0 Å². The van der Waals surface area contributed by atoms with Crippen molar-refractivity contribution in [1.29, 1.82) is 0 Å². The normalized spacial score (nSPS) is 14.7. The number of anilines is 1. The minimum absolute atomic E-state index is 0.260. The van der Waals surface area contributed by atoms with Crippen molar-refractivity contribution in [3.05, 3.63) is 6.20 Å². The predicted octanol–water partition coefficient (Wildman–Crippen LogP) is 0.622. The van der Waals surface area contributed by atoms with E-state index < -0.39 is 28.7 Å². The van der Waals surface area contributed by atoms with Gasteiger partial charge in [0.25, 0.3) is 0 Å². The maximum absolute atomic E-state index is 12.1. The van der Waals surface area contributed by atoms with Crippen LogP contribution in [0.25, 0.3) is 0 Å². The van der Waals surface area contributed by atoms with Gasteiger partial charge in [-0.3, -0.25) is 4.68 Å². The van der Waals surface area contributed by atoms with Crippen molar-refractivity contribution in [3.63, 3.8) is 0 Å². The van der Waals surface area contributed by atoms with Crippen LogP contribution in [0.2, 0.25) is 0 Å². The minimum Gasteiger partial charge on any atom is -0.381 e. The fourth-order valence-electron chi connectivity index (χ4n) is 1.41. The molecule has 1 atom stereocenters. The number of nitrogens with zero attached hydrogens (tertiary/aromatic N) is 2. The zero-order chi connectivity index (χ0) is 14.1. The standard InChI is InChI=1S/C8H13F3N4O2S/c1-5(3-8(9,10)11)14-18(16,17)6-4-15(2)13-7(6)12/h4-5,14H,3H2,1-2H3,(H2,12,13). The van der Waals surface area contributed by atoms with Crippen LogP contribution in [0, 0.1) is 0 Å². The maximum Gasteiger partial charge on any atom is 0.390 e. The van der Waals surface area contributed by atoms with Gasteiger partial charge in [0, 0.05) is 19.3 Å². The summed E-state index contributed by atoms with van der Waals surface area (Å²) in [4.78, 5) is -0.334. The smallest absolute Gasteiger partial charge is 0.381 e. The van der Waals surface area contributed by atoms with Crippen LogP contribution in [0.1, 0.15) is 13.3 Å². The first kappa shape index (κ1) is 14.8. The van der Waals surface area contributed by atoms with Crippen LogP contribution >= 0.6 is 0 Å². The number of hydrogen-bond donors (Lipinski definition) is 2. The van der Waals surface area contributed by atoms with Crippen LogP contribution in [0.3, 0.4) is 0 Å². The molecular weight excluding hydrogens is 273 g/mol. The van der Waals surface area contributed by atoms with E-state index in [0.29, 0.717) is 0 Å². The van der Waals surface area contributed by atoms with Gasteiger partial charge in [0.05, 0.1) is 6.42 Å². The number of sulfonamides is 1. The number of halogens is 3. The largest absolute Gasteiger partial charge is 0.390 e. The summed E-state index contributed by atoms with van der Waals surface area (Å²) < 4.78 is 62.8. The highest BCUT2D eigenvalue weighted by Gasteiger charge is 2.32. The molecule has 10 heteroatoms. The molecule has 1 aromatic rings. The number of nitrogens with two attached hydrogens (primary N) is 1. The summed E-state index contributed by atoms with van der Waals surface area (Å²) in [6.45, 7) is 1.12. The number of rotatable bonds is 4. The van der Waals surface area contributed by atoms with Crippen molar-refractivity contribution >= 4 is 15.8 Å². The highest BCUT2D eigenvalue weighted by molar-refractivity contribution is 7.89. The number of aromatic nitrogens is 2. The van der Waals surface area contributed by atoms with E-state index in [1.165, 1.54) is 11.7 Å². The molecule has 1 rings (SSSR count). The van der Waals surface area contributed by atoms with E-state index in [1.807, 2.05) is 4.72 Å². The van der Waals surface area contributed by atoms with Gasteiger partial charge < -0.3 is 5.73 Å². The molecule has 0 bridgehead atoms. The number of nitrogens with one attached hydrogen (secondary N) is 1. The molecule has 0 spiro atoms. The van der Waals surface area contributed by atoms with Crippen molar-refractivity contribution in [2.75, 3.05) is 5.73 Å². The lowest BCUT2D eigenvalue weighted by atomic mass is 10.2. The Bertz CT molecular complexity index is 523. The van der Waals surface area contributed by atoms with Crippen molar-refractivity contribution in [3.8, 4) is 0 Å². The van der Waals surface area contributed by atoms with Crippen LogP contribution in [0.4, 0.5) is 19.0 Å². The van der Waals surface area contributed by atoms with Crippen molar-refractivity contribution in [2.24, 2.45) is 7.05 Å². The molecule has 0 aliphatic heterocycles. The molecule has 0 aromatic carbocycles. The van der Waals surface area contributed by atoms with E-state index in [-0.39, 0.29) is 10.7 Å². The molecule has 0 saturated heterocycles. The third-order valence-electron chi connectivity index (χ3n) is 2.01. The average molecular weight is 286 g/mol. The Morgan fingerprint density at radius 3 is 2.50 bits per heavy atom. The van der Waals surface area contributed by atoms with Gasteiger partial charge in [-0.25, -0.2) is 13.1 Å². The summed E-state index contributed by atoms with van der Waals surface area (Å²) in [5.41, 5.74) is 5.36. The van der Waals surface area contributed by atoms with Gasteiger partial charge in [0.2, 0.25) is 10.0 Å². The molecule has 18 heavy (non-hydrogen) atoms. The number of aryl methyl sites for hydroxylation is 1. The van der Waals surface area contributed by atoms with Crippen LogP contribution < -0.4 is 10.5 Å². The Morgan fingerprint density at radius 2 is 2.11 bits per heavy atom. The fraction of sp³-hybridized carbons (Fsp3) is 0.625. The lowest BCUT2D eigenvalue weighted by Crippen LogP contribution is -2.36. The summed E-state index contributed by atoms with van der Waals surface area (Å²) in [7, 11) is -2.65. The number of hydrogen-bond acceptors (Lipinski definition) is 4. The molecule has 1 aromatic heterocycles. The second-order valence-electron chi connectivity index (χ2n) is 3.89. The van der Waals surface area contributed by atoms with E-state index in [4.69, 9.17) is 5.73 Å². The number of alkyl halides is 3. The van der Waals surface area contributed by atoms with Crippen molar-refractivity contribution in [1.82, 2.24) is 14.5 Å². The van der Waals surface area contributed by atoms with Gasteiger partial charge in [0.15, 0.2) is 5.82 Å². The van der Waals surface area contributed by atoms with E-state index in [0.717, 1.165) is 13.1 Å². The minimum atomic E-state index is -4.44. The van der Waals surface area contributed by atoms with Gasteiger partial charge >= 0.3 is 6.18 Å². The zero-order valence-corrected chi connectivity index (χ0v) is 10.5. The summed E-state index contributed by atoms with van der Waals surface area (Å²) in [5, 5.41) is 3.61. The highest BCUT2D eigenvalue weighted by Crippen LogP contribution is 2.23. The van der Waals surface area contributed by atoms with Crippen molar-refractivity contribution in [2.45, 2.75) is 30.5 Å². The molecule has 3 N–H and O–H groups in total. The quantitative estimate of drug-likeness (QED) is 0.849. The van der Waals surface area contributed by atoms with E-state index >= 15 is 0 Å². The fourth-order valence-corrected chi connectivity index (χ4v) is 2.76. The van der Waals surface area contributed by atoms with E-state index in [1.54, 1.807) is 0 Å². The third kappa shape index (κ3) is 3.88. The summed E-state index contributed by atoms with van der Waals surface area (Å²) >= 11 is 0. The van der Waals surface area contributed by atoms with Crippen LogP contribution in [0.5, 0.6) is 0 Å². The first-order valence-electron chi connectivity index (χ1n) is 4.89. The second-order valence-corrected chi connectivity index (χ2v) is 5.58. The van der Waals surface area contributed by atoms with Gasteiger partial charge in [-0.05, 0) is 6.92 Å². The molecule has 6 nitrogen and oxygen atoms in total. The van der Waals surface area contributed by atoms with Gasteiger partial charge in [-0.1, -0.05) is 0 Å². The maximum atomic E-state index is 12.1. The van der Waals surface area contributed by atoms with E-state index in [9.17, 15) is 21.6 Å². The molecule has 0 fully saturated rings. The predicted molar refractivity (Wildman–Crippen MR) is 58.1 cm³/mol. The molecular formula is C8H13F3N4O2S. The first-order chi connectivity index (χ1) is 8.01. The van der Waals surface area contributed by atoms with Crippen LogP contribution in [-0.2, 0) is 17.1 Å².